The summed E-state index contributed by atoms with van der Waals surface area (Å²) in [4.78, 5) is 23.2. The van der Waals surface area contributed by atoms with Crippen molar-refractivity contribution in [2.24, 2.45) is 0 Å². The maximum absolute atomic E-state index is 12.1. The number of anilines is 1. The van der Waals surface area contributed by atoms with Crippen LogP contribution in [0.4, 0.5) is 5.69 Å². The van der Waals surface area contributed by atoms with Gasteiger partial charge in [-0.05, 0) is 12.5 Å². The Bertz CT molecular complexity index is 518. The fourth-order valence-electron chi connectivity index (χ4n) is 1.86. The van der Waals surface area contributed by atoms with Crippen molar-refractivity contribution in [1.82, 2.24) is 5.32 Å². The number of hydrogen-bond acceptors (Lipinski definition) is 3. The van der Waals surface area contributed by atoms with Crippen LogP contribution in [-0.4, -0.2) is 25.5 Å². The molecule has 0 aliphatic rings. The second-order valence-electron chi connectivity index (χ2n) is 4.68. The van der Waals surface area contributed by atoms with Gasteiger partial charge in [0.25, 0.3) is 5.91 Å². The van der Waals surface area contributed by atoms with Gasteiger partial charge in [-0.3, -0.25) is 9.59 Å². The Morgan fingerprint density at radius 2 is 2.00 bits per heavy atom. The minimum Gasteiger partial charge on any atom is -0.496 e. The first-order valence-corrected chi connectivity index (χ1v) is 7.30. The number of unbranched alkanes of at least 4 members (excludes halogenated alkanes) is 2. The molecule has 0 aliphatic carbocycles. The van der Waals surface area contributed by atoms with Gasteiger partial charge in [-0.1, -0.05) is 31.4 Å². The van der Waals surface area contributed by atoms with Gasteiger partial charge in [-0.15, -0.1) is 0 Å². The van der Waals surface area contributed by atoms with Crippen LogP contribution in [0.25, 0.3) is 0 Å². The fraction of sp³-hybridized carbons (Fsp3) is 0.467. The lowest BCUT2D eigenvalue weighted by Gasteiger charge is -2.13. The molecule has 0 spiro atoms. The van der Waals surface area contributed by atoms with Gasteiger partial charge < -0.3 is 15.4 Å². The first kappa shape index (κ1) is 17.3. The van der Waals surface area contributed by atoms with Crippen LogP contribution >= 0.6 is 11.6 Å². The third-order valence-electron chi connectivity index (χ3n) is 2.91. The van der Waals surface area contributed by atoms with Crippen molar-refractivity contribution in [2.75, 3.05) is 19.0 Å². The SMILES string of the molecule is CCCCCNC(=O)c1cc(Cl)c(NC(C)=O)cc1OC. The largest absolute Gasteiger partial charge is 0.496 e. The van der Waals surface area contributed by atoms with Crippen molar-refractivity contribution < 1.29 is 14.3 Å². The number of nitrogens with one attached hydrogen (secondary N) is 2. The molecule has 0 fully saturated rings. The monoisotopic (exact) mass is 312 g/mol. The molecule has 0 radical (unpaired) electrons. The molecular formula is C15H21ClN2O3. The highest BCUT2D eigenvalue weighted by molar-refractivity contribution is 6.34. The fourth-order valence-corrected chi connectivity index (χ4v) is 2.07. The van der Waals surface area contributed by atoms with Crippen LogP contribution in [0.3, 0.4) is 0 Å². The second-order valence-corrected chi connectivity index (χ2v) is 5.08. The van der Waals surface area contributed by atoms with Crippen molar-refractivity contribution in [1.29, 1.82) is 0 Å². The van der Waals surface area contributed by atoms with Gasteiger partial charge in [-0.25, -0.2) is 0 Å². The van der Waals surface area contributed by atoms with Crippen LogP contribution in [0, 0.1) is 0 Å². The van der Waals surface area contributed by atoms with Crippen molar-refractivity contribution in [3.05, 3.63) is 22.7 Å². The highest BCUT2D eigenvalue weighted by atomic mass is 35.5. The summed E-state index contributed by atoms with van der Waals surface area (Å²) in [6, 6.07) is 3.05. The van der Waals surface area contributed by atoms with E-state index in [1.165, 1.54) is 20.1 Å². The van der Waals surface area contributed by atoms with Gasteiger partial charge >= 0.3 is 0 Å². The molecule has 1 aromatic carbocycles. The molecule has 0 atom stereocenters. The number of halogens is 1. The molecular weight excluding hydrogens is 292 g/mol. The standard InChI is InChI=1S/C15H21ClN2O3/c1-4-5-6-7-17-15(20)11-8-12(16)13(18-10(2)19)9-14(11)21-3/h8-9H,4-7H2,1-3H3,(H,17,20)(H,18,19). The summed E-state index contributed by atoms with van der Waals surface area (Å²) in [5.74, 6) is -0.105. The topological polar surface area (TPSA) is 67.4 Å². The molecule has 0 aliphatic heterocycles. The summed E-state index contributed by atoms with van der Waals surface area (Å²) >= 11 is 6.08. The molecule has 0 heterocycles. The lowest BCUT2D eigenvalue weighted by Crippen LogP contribution is -2.25. The third-order valence-corrected chi connectivity index (χ3v) is 3.22. The summed E-state index contributed by atoms with van der Waals surface area (Å²) < 4.78 is 5.20. The minimum atomic E-state index is -0.240. The van der Waals surface area contributed by atoms with E-state index in [-0.39, 0.29) is 11.8 Å². The summed E-state index contributed by atoms with van der Waals surface area (Å²) in [6.45, 7) is 4.10. The highest BCUT2D eigenvalue weighted by Crippen LogP contribution is 2.31. The van der Waals surface area contributed by atoms with E-state index in [2.05, 4.69) is 17.6 Å². The molecule has 116 valence electrons. The lowest BCUT2D eigenvalue weighted by molar-refractivity contribution is -0.114. The Labute approximate surface area is 130 Å². The smallest absolute Gasteiger partial charge is 0.255 e. The van der Waals surface area contributed by atoms with Crippen LogP contribution < -0.4 is 15.4 Å². The van der Waals surface area contributed by atoms with Gasteiger partial charge in [0.15, 0.2) is 0 Å². The summed E-state index contributed by atoms with van der Waals surface area (Å²) in [6.07, 6.45) is 3.10. The summed E-state index contributed by atoms with van der Waals surface area (Å²) in [5.41, 5.74) is 0.775. The molecule has 1 aromatic rings. The molecule has 5 nitrogen and oxygen atoms in total. The highest BCUT2D eigenvalue weighted by Gasteiger charge is 2.16. The second kappa shape index (κ2) is 8.52. The number of hydrogen-bond donors (Lipinski definition) is 2. The molecule has 0 unspecified atom stereocenters. The summed E-state index contributed by atoms with van der Waals surface area (Å²) in [5, 5.41) is 5.72. The normalized spacial score (nSPS) is 10.1. The van der Waals surface area contributed by atoms with Crippen LogP contribution in [0.15, 0.2) is 12.1 Å². The quantitative estimate of drug-likeness (QED) is 0.760. The first-order chi connectivity index (χ1) is 9.99. The van der Waals surface area contributed by atoms with Crippen LogP contribution in [0.5, 0.6) is 5.75 Å². The maximum Gasteiger partial charge on any atom is 0.255 e. The molecule has 6 heteroatoms. The number of ether oxygens (including phenoxy) is 1. The van der Waals surface area contributed by atoms with E-state index in [0.717, 1.165) is 19.3 Å². The van der Waals surface area contributed by atoms with Crippen LogP contribution in [0.2, 0.25) is 5.02 Å². The lowest BCUT2D eigenvalue weighted by atomic mass is 10.1. The van der Waals surface area contributed by atoms with Crippen LogP contribution in [0.1, 0.15) is 43.5 Å². The van der Waals surface area contributed by atoms with Gasteiger partial charge in [0.2, 0.25) is 5.91 Å². The number of carbonyl (C=O) groups excluding carboxylic acids is 2. The van der Waals surface area contributed by atoms with Crippen molar-refractivity contribution in [3.8, 4) is 5.75 Å². The Balaban J connectivity index is 2.88. The average molecular weight is 313 g/mol. The molecule has 2 amide bonds. The zero-order valence-corrected chi connectivity index (χ0v) is 13.3. The van der Waals surface area contributed by atoms with Gasteiger partial charge in [-0.2, -0.15) is 0 Å². The number of rotatable bonds is 7. The molecule has 2 N–H and O–H groups in total. The molecule has 0 saturated heterocycles. The van der Waals surface area contributed by atoms with E-state index in [0.29, 0.717) is 28.6 Å². The Morgan fingerprint density at radius 1 is 1.29 bits per heavy atom. The zero-order valence-electron chi connectivity index (χ0n) is 12.6. The van der Waals surface area contributed by atoms with Crippen molar-refractivity contribution in [2.45, 2.75) is 33.1 Å². The first-order valence-electron chi connectivity index (χ1n) is 6.92. The molecule has 1 rings (SSSR count). The maximum atomic E-state index is 12.1. The molecule has 0 bridgehead atoms. The Morgan fingerprint density at radius 3 is 2.57 bits per heavy atom. The predicted octanol–water partition coefficient (Wildman–Crippen LogP) is 3.23. The van der Waals surface area contributed by atoms with Gasteiger partial charge in [0, 0.05) is 19.5 Å². The van der Waals surface area contributed by atoms with E-state index in [4.69, 9.17) is 16.3 Å². The van der Waals surface area contributed by atoms with Crippen molar-refractivity contribution >= 4 is 29.1 Å². The van der Waals surface area contributed by atoms with Gasteiger partial charge in [0.1, 0.15) is 5.75 Å². The van der Waals surface area contributed by atoms with E-state index < -0.39 is 0 Å². The molecule has 21 heavy (non-hydrogen) atoms. The third kappa shape index (κ3) is 5.27. The Kier molecular flexibility index (Phi) is 7.02. The van der Waals surface area contributed by atoms with E-state index in [9.17, 15) is 9.59 Å². The molecule has 0 saturated carbocycles. The van der Waals surface area contributed by atoms with Crippen LogP contribution in [-0.2, 0) is 4.79 Å². The van der Waals surface area contributed by atoms with E-state index >= 15 is 0 Å². The predicted molar refractivity (Wildman–Crippen MR) is 84.2 cm³/mol. The molecule has 0 aromatic heterocycles. The van der Waals surface area contributed by atoms with E-state index in [1.807, 2.05) is 0 Å². The number of methoxy groups -OCH3 is 1. The number of amides is 2. The van der Waals surface area contributed by atoms with Gasteiger partial charge in [0.05, 0.1) is 23.4 Å². The van der Waals surface area contributed by atoms with Crippen molar-refractivity contribution in [3.63, 3.8) is 0 Å². The average Bonchev–Trinajstić information content (AvgIpc) is 2.44. The Hall–Kier alpha value is -1.75. The zero-order chi connectivity index (χ0) is 15.8. The number of carbonyl (C=O) groups is 2. The summed E-state index contributed by atoms with van der Waals surface area (Å²) in [7, 11) is 1.47. The minimum absolute atomic E-state index is 0.237. The van der Waals surface area contributed by atoms with E-state index in [1.54, 1.807) is 6.07 Å². The number of benzene rings is 1.